The lowest BCUT2D eigenvalue weighted by atomic mass is 10.1. The molecular weight excluding hydrogens is 380 g/mol. The lowest BCUT2D eigenvalue weighted by Crippen LogP contribution is -2.09. The second kappa shape index (κ2) is 7.15. The number of rotatable bonds is 5. The third-order valence-electron chi connectivity index (χ3n) is 3.24. The highest BCUT2D eigenvalue weighted by Gasteiger charge is 2.14. The summed E-state index contributed by atoms with van der Waals surface area (Å²) in [5.74, 6) is 1.16. The molecule has 2 rings (SSSR count). The number of anilines is 1. The van der Waals surface area contributed by atoms with Crippen molar-refractivity contribution in [3.63, 3.8) is 0 Å². The quantitative estimate of drug-likeness (QED) is 0.748. The zero-order chi connectivity index (χ0) is 15.4. The maximum Gasteiger partial charge on any atom is 0.162 e. The summed E-state index contributed by atoms with van der Waals surface area (Å²) in [6.45, 7) is 6.98. The maximum atomic E-state index is 13.5. The molecule has 1 N–H and O–H groups in total. The van der Waals surface area contributed by atoms with Crippen molar-refractivity contribution in [2.24, 2.45) is 0 Å². The van der Waals surface area contributed by atoms with Gasteiger partial charge in [0.2, 0.25) is 0 Å². The average Bonchev–Trinajstić information content (AvgIpc) is 2.48. The van der Waals surface area contributed by atoms with Gasteiger partial charge in [-0.15, -0.1) is 0 Å². The Labute approximate surface area is 138 Å². The number of nitrogens with one attached hydrogen (secondary N) is 1. The van der Waals surface area contributed by atoms with Crippen molar-refractivity contribution in [1.82, 2.24) is 9.97 Å². The van der Waals surface area contributed by atoms with E-state index < -0.39 is 0 Å². The highest BCUT2D eigenvalue weighted by atomic mass is 127. The van der Waals surface area contributed by atoms with E-state index in [2.05, 4.69) is 51.7 Å². The lowest BCUT2D eigenvalue weighted by molar-refractivity contribution is 0.627. The largest absolute Gasteiger partial charge is 0.369 e. The first kappa shape index (κ1) is 16.1. The van der Waals surface area contributed by atoms with Crippen LogP contribution in [0.3, 0.4) is 0 Å². The molecule has 0 aliphatic rings. The molecule has 3 nitrogen and oxygen atoms in total. The molecule has 0 bridgehead atoms. The Balaban J connectivity index is 2.55. The third-order valence-corrected chi connectivity index (χ3v) is 4.37. The smallest absolute Gasteiger partial charge is 0.162 e. The first-order chi connectivity index (χ1) is 10.1. The second-order valence-corrected chi connectivity index (χ2v) is 5.97. The van der Waals surface area contributed by atoms with Crippen LogP contribution >= 0.6 is 22.6 Å². The molecule has 0 saturated heterocycles. The molecule has 5 heteroatoms. The van der Waals surface area contributed by atoms with Crippen molar-refractivity contribution in [2.45, 2.75) is 33.6 Å². The van der Waals surface area contributed by atoms with Crippen molar-refractivity contribution in [1.29, 1.82) is 0 Å². The van der Waals surface area contributed by atoms with Gasteiger partial charge in [0.1, 0.15) is 11.6 Å². The molecule has 112 valence electrons. The van der Waals surface area contributed by atoms with Crippen LogP contribution in [-0.4, -0.2) is 16.5 Å². The van der Waals surface area contributed by atoms with Crippen LogP contribution in [-0.2, 0) is 6.42 Å². The summed E-state index contributed by atoms with van der Waals surface area (Å²) in [4.78, 5) is 9.20. The molecule has 0 amide bonds. The minimum absolute atomic E-state index is 0.265. The number of benzene rings is 1. The molecule has 0 aliphatic carbocycles. The van der Waals surface area contributed by atoms with Gasteiger partial charge >= 0.3 is 0 Å². The van der Waals surface area contributed by atoms with Crippen molar-refractivity contribution < 1.29 is 4.39 Å². The minimum Gasteiger partial charge on any atom is -0.369 e. The SMILES string of the molecule is CCCNc1nc(-c2cc(F)ccc2C)nc(CC)c1I. The van der Waals surface area contributed by atoms with E-state index in [4.69, 9.17) is 0 Å². The van der Waals surface area contributed by atoms with E-state index in [1.807, 2.05) is 6.92 Å². The monoisotopic (exact) mass is 399 g/mol. The van der Waals surface area contributed by atoms with Gasteiger partial charge in [-0.2, -0.15) is 0 Å². The highest BCUT2D eigenvalue weighted by molar-refractivity contribution is 14.1. The number of aryl methyl sites for hydroxylation is 2. The number of hydrogen-bond donors (Lipinski definition) is 1. The Morgan fingerprint density at radius 2 is 2.00 bits per heavy atom. The number of halogens is 2. The molecule has 0 aliphatic heterocycles. The predicted molar refractivity (Wildman–Crippen MR) is 93.0 cm³/mol. The van der Waals surface area contributed by atoms with E-state index in [1.54, 1.807) is 6.07 Å². The molecule has 0 fully saturated rings. The van der Waals surface area contributed by atoms with Gasteiger partial charge in [0.15, 0.2) is 5.82 Å². The Kier molecular flexibility index (Phi) is 5.50. The molecule has 1 aromatic carbocycles. The number of hydrogen-bond acceptors (Lipinski definition) is 3. The van der Waals surface area contributed by atoms with Gasteiger partial charge < -0.3 is 5.32 Å². The van der Waals surface area contributed by atoms with Crippen LogP contribution in [0.5, 0.6) is 0 Å². The highest BCUT2D eigenvalue weighted by Crippen LogP contribution is 2.27. The molecule has 0 saturated carbocycles. The van der Waals surface area contributed by atoms with Crippen LogP contribution in [0.15, 0.2) is 18.2 Å². The van der Waals surface area contributed by atoms with Crippen molar-refractivity contribution in [3.8, 4) is 11.4 Å². The Hall–Kier alpha value is -1.24. The van der Waals surface area contributed by atoms with Crippen molar-refractivity contribution in [3.05, 3.63) is 38.8 Å². The molecule has 0 unspecified atom stereocenters. The first-order valence-corrected chi connectivity index (χ1v) is 8.21. The molecule has 2 aromatic rings. The van der Waals surface area contributed by atoms with Crippen LogP contribution in [0.25, 0.3) is 11.4 Å². The second-order valence-electron chi connectivity index (χ2n) is 4.90. The molecule has 0 atom stereocenters. The van der Waals surface area contributed by atoms with E-state index >= 15 is 0 Å². The molecule has 1 aromatic heterocycles. The van der Waals surface area contributed by atoms with Gasteiger partial charge in [0, 0.05) is 12.1 Å². The zero-order valence-corrected chi connectivity index (χ0v) is 14.7. The summed E-state index contributed by atoms with van der Waals surface area (Å²) in [6.07, 6.45) is 1.85. The van der Waals surface area contributed by atoms with Crippen LogP contribution in [0.1, 0.15) is 31.5 Å². The summed E-state index contributed by atoms with van der Waals surface area (Å²) < 4.78 is 14.6. The Morgan fingerprint density at radius 1 is 1.24 bits per heavy atom. The van der Waals surface area contributed by atoms with Crippen LogP contribution < -0.4 is 5.32 Å². The number of nitrogens with zero attached hydrogens (tertiary/aromatic N) is 2. The Morgan fingerprint density at radius 3 is 2.67 bits per heavy atom. The maximum absolute atomic E-state index is 13.5. The first-order valence-electron chi connectivity index (χ1n) is 7.13. The van der Waals surface area contributed by atoms with Gasteiger partial charge in [-0.25, -0.2) is 14.4 Å². The molecular formula is C16H19FIN3. The van der Waals surface area contributed by atoms with Crippen LogP contribution in [0, 0.1) is 16.3 Å². The third kappa shape index (κ3) is 3.70. The standard InChI is InChI=1S/C16H19FIN3/c1-4-8-19-16-14(18)13(5-2)20-15(21-16)12-9-11(17)7-6-10(12)3/h6-7,9H,4-5,8H2,1-3H3,(H,19,20,21). The molecule has 1 heterocycles. The summed E-state index contributed by atoms with van der Waals surface area (Å²) in [7, 11) is 0. The summed E-state index contributed by atoms with van der Waals surface area (Å²) in [6, 6.07) is 4.72. The van der Waals surface area contributed by atoms with Crippen molar-refractivity contribution >= 4 is 28.4 Å². The fraction of sp³-hybridized carbons (Fsp3) is 0.375. The van der Waals surface area contributed by atoms with E-state index in [1.165, 1.54) is 12.1 Å². The van der Waals surface area contributed by atoms with Gasteiger partial charge in [-0.3, -0.25) is 0 Å². The number of aromatic nitrogens is 2. The fourth-order valence-electron chi connectivity index (χ4n) is 2.04. The van der Waals surface area contributed by atoms with Gasteiger partial charge in [0.05, 0.1) is 9.26 Å². The van der Waals surface area contributed by atoms with E-state index in [0.29, 0.717) is 5.82 Å². The van der Waals surface area contributed by atoms with Gasteiger partial charge in [0.25, 0.3) is 0 Å². The van der Waals surface area contributed by atoms with E-state index in [0.717, 1.165) is 45.6 Å². The summed E-state index contributed by atoms with van der Waals surface area (Å²) in [5.41, 5.74) is 2.71. The summed E-state index contributed by atoms with van der Waals surface area (Å²) >= 11 is 2.27. The fourth-order valence-corrected chi connectivity index (χ4v) is 2.86. The normalized spacial score (nSPS) is 10.7. The molecule has 21 heavy (non-hydrogen) atoms. The molecule has 0 spiro atoms. The van der Waals surface area contributed by atoms with E-state index in [9.17, 15) is 4.39 Å². The van der Waals surface area contributed by atoms with Gasteiger partial charge in [-0.05, 0) is 60.1 Å². The predicted octanol–water partition coefficient (Wildman–Crippen LogP) is 4.58. The molecule has 0 radical (unpaired) electrons. The lowest BCUT2D eigenvalue weighted by Gasteiger charge is -2.13. The van der Waals surface area contributed by atoms with Crippen molar-refractivity contribution in [2.75, 3.05) is 11.9 Å². The summed E-state index contributed by atoms with van der Waals surface area (Å²) in [5, 5.41) is 3.33. The van der Waals surface area contributed by atoms with Crippen LogP contribution in [0.2, 0.25) is 0 Å². The minimum atomic E-state index is -0.265. The Bertz CT molecular complexity index is 644. The van der Waals surface area contributed by atoms with Gasteiger partial charge in [-0.1, -0.05) is 19.9 Å². The van der Waals surface area contributed by atoms with Crippen LogP contribution in [0.4, 0.5) is 10.2 Å². The van der Waals surface area contributed by atoms with E-state index in [-0.39, 0.29) is 5.82 Å². The topological polar surface area (TPSA) is 37.8 Å². The zero-order valence-electron chi connectivity index (χ0n) is 12.5. The average molecular weight is 399 g/mol.